The number of rotatable bonds is 12. The minimum absolute atomic E-state index is 0.290. The van der Waals surface area contributed by atoms with Crippen LogP contribution in [0.1, 0.15) is 107 Å². The fourth-order valence-corrected chi connectivity index (χ4v) is 11.1. The van der Waals surface area contributed by atoms with Crippen LogP contribution in [0.25, 0.3) is 44.8 Å². The van der Waals surface area contributed by atoms with Crippen molar-refractivity contribution in [2.45, 2.75) is 102 Å². The lowest BCUT2D eigenvalue weighted by atomic mass is 9.82. The predicted molar refractivity (Wildman–Crippen MR) is 297 cm³/mol. The minimum atomic E-state index is 0.290. The summed E-state index contributed by atoms with van der Waals surface area (Å²) in [5.41, 5.74) is 27.9. The Morgan fingerprint density at radius 2 is 1.04 bits per heavy atom. The van der Waals surface area contributed by atoms with Crippen LogP contribution in [0.3, 0.4) is 0 Å². The molecule has 0 amide bonds. The van der Waals surface area contributed by atoms with Gasteiger partial charge in [-0.15, -0.1) is 0 Å². The van der Waals surface area contributed by atoms with Crippen molar-refractivity contribution in [3.05, 3.63) is 218 Å². The Morgan fingerprint density at radius 1 is 0.529 bits per heavy atom. The molecule has 0 aliphatic heterocycles. The van der Waals surface area contributed by atoms with Gasteiger partial charge in [-0.3, -0.25) is 0 Å². The van der Waals surface area contributed by atoms with Gasteiger partial charge in [0, 0.05) is 16.8 Å². The maximum absolute atomic E-state index is 2.65. The SMILES string of the molecule is Cc1cccc(C)c1N(/C(=C/CC(C)C)c1ccc2c(C(C)C)cc(N(c3c(C)cccc3C)c3c(C)ccc(-c4ccccc4)c3C)c3c2c1CC=C3)c1c(C)ccc(-c2ccccc2)c1C. The molecule has 1 aliphatic rings. The number of hydrogen-bond acceptors (Lipinski definition) is 2. The van der Waals surface area contributed by atoms with Gasteiger partial charge in [-0.1, -0.05) is 179 Å². The standard InChI is InChI=1S/C66H68N2/c1-41(2)32-39-60(67(63-43(5)22-19-23-44(63)6)65-47(9)33-35-53(49(65)11)51-26-15-13-16-27-51)55-37-38-57-59(42(3)4)40-61(58-31-21-30-56(55)62(57)58)68(64-45(7)24-20-25-46(64)8)66-48(10)34-36-54(50(66)12)52-28-17-14-18-29-52/h13-29,31,33-42H,30,32H2,1-12H3/b60-39+. The number of aryl methyl sites for hydroxylation is 6. The number of hydrogen-bond donors (Lipinski definition) is 0. The molecule has 0 bridgehead atoms. The second kappa shape index (κ2) is 19.0. The highest BCUT2D eigenvalue weighted by Crippen LogP contribution is 2.52. The first-order valence-corrected chi connectivity index (χ1v) is 24.8. The van der Waals surface area contributed by atoms with E-state index in [-0.39, 0.29) is 5.92 Å². The zero-order valence-corrected chi connectivity index (χ0v) is 42.5. The van der Waals surface area contributed by atoms with Crippen molar-refractivity contribution in [3.8, 4) is 22.3 Å². The molecule has 0 heterocycles. The Balaban J connectivity index is 1.39. The van der Waals surface area contributed by atoms with Crippen LogP contribution in [0.5, 0.6) is 0 Å². The van der Waals surface area contributed by atoms with E-state index in [0.717, 1.165) is 12.8 Å². The van der Waals surface area contributed by atoms with Crippen molar-refractivity contribution < 1.29 is 0 Å². The summed E-state index contributed by atoms with van der Waals surface area (Å²) in [7, 11) is 0. The quantitative estimate of drug-likeness (QED) is 0.121. The van der Waals surface area contributed by atoms with Crippen LogP contribution in [-0.2, 0) is 6.42 Å². The van der Waals surface area contributed by atoms with E-state index in [2.05, 4.69) is 251 Å². The summed E-state index contributed by atoms with van der Waals surface area (Å²) < 4.78 is 0. The molecule has 0 saturated carbocycles. The van der Waals surface area contributed by atoms with E-state index in [4.69, 9.17) is 0 Å². The molecule has 0 spiro atoms. The van der Waals surface area contributed by atoms with E-state index in [9.17, 15) is 0 Å². The number of anilines is 5. The molecular formula is C66H68N2. The van der Waals surface area contributed by atoms with Gasteiger partial charge in [0.2, 0.25) is 0 Å². The van der Waals surface area contributed by atoms with E-state index in [0.29, 0.717) is 5.92 Å². The molecule has 0 fully saturated rings. The summed E-state index contributed by atoms with van der Waals surface area (Å²) in [4.78, 5) is 5.28. The summed E-state index contributed by atoms with van der Waals surface area (Å²) in [5.74, 6) is 0.760. The lowest BCUT2D eigenvalue weighted by Gasteiger charge is -2.37. The van der Waals surface area contributed by atoms with Gasteiger partial charge < -0.3 is 9.80 Å². The molecule has 0 radical (unpaired) electrons. The lowest BCUT2D eigenvalue weighted by Crippen LogP contribution is -2.22. The van der Waals surface area contributed by atoms with E-state index in [1.165, 1.54) is 134 Å². The molecule has 0 N–H and O–H groups in total. The minimum Gasteiger partial charge on any atom is -0.309 e. The number of allylic oxidation sites excluding steroid dienone is 2. The van der Waals surface area contributed by atoms with Gasteiger partial charge in [0.05, 0.1) is 28.4 Å². The zero-order valence-electron chi connectivity index (χ0n) is 42.5. The van der Waals surface area contributed by atoms with Crippen LogP contribution in [0.15, 0.2) is 152 Å². The van der Waals surface area contributed by atoms with Crippen LogP contribution in [0.4, 0.5) is 28.4 Å². The third-order valence-electron chi connectivity index (χ3n) is 14.4. The molecule has 0 aromatic heterocycles. The Kier molecular flexibility index (Phi) is 12.9. The van der Waals surface area contributed by atoms with Crippen LogP contribution in [0.2, 0.25) is 0 Å². The third kappa shape index (κ3) is 8.29. The molecule has 342 valence electrons. The fourth-order valence-electron chi connectivity index (χ4n) is 11.1. The molecule has 2 nitrogen and oxygen atoms in total. The molecule has 8 aromatic rings. The molecule has 2 heteroatoms. The molecule has 9 rings (SSSR count). The molecular weight excluding hydrogens is 821 g/mol. The highest BCUT2D eigenvalue weighted by atomic mass is 15.2. The van der Waals surface area contributed by atoms with Gasteiger partial charge in [-0.25, -0.2) is 0 Å². The fraction of sp³-hybridized carbons (Fsp3) is 0.242. The maximum atomic E-state index is 2.65. The van der Waals surface area contributed by atoms with Crippen molar-refractivity contribution in [1.82, 2.24) is 0 Å². The van der Waals surface area contributed by atoms with Gasteiger partial charge in [0.25, 0.3) is 0 Å². The largest absolute Gasteiger partial charge is 0.309 e. The summed E-state index contributed by atoms with van der Waals surface area (Å²) in [5, 5.41) is 2.70. The van der Waals surface area contributed by atoms with Crippen molar-refractivity contribution >= 4 is 51.0 Å². The van der Waals surface area contributed by atoms with Gasteiger partial charge in [0.15, 0.2) is 0 Å². The monoisotopic (exact) mass is 889 g/mol. The average molecular weight is 889 g/mol. The first kappa shape index (κ1) is 46.2. The number of nitrogens with zero attached hydrogens (tertiary/aromatic N) is 2. The van der Waals surface area contributed by atoms with Crippen LogP contribution >= 0.6 is 0 Å². The third-order valence-corrected chi connectivity index (χ3v) is 14.4. The van der Waals surface area contributed by atoms with Gasteiger partial charge in [-0.2, -0.15) is 0 Å². The summed E-state index contributed by atoms with van der Waals surface area (Å²) in [6.07, 6.45) is 9.20. The van der Waals surface area contributed by atoms with E-state index >= 15 is 0 Å². The van der Waals surface area contributed by atoms with Crippen LogP contribution in [0, 0.1) is 61.3 Å². The summed E-state index contributed by atoms with van der Waals surface area (Å²) in [6.45, 7) is 27.8. The van der Waals surface area contributed by atoms with Gasteiger partial charge in [-0.05, 0) is 175 Å². The maximum Gasteiger partial charge on any atom is 0.0543 e. The Bertz CT molecular complexity index is 3210. The topological polar surface area (TPSA) is 6.48 Å². The second-order valence-corrected chi connectivity index (χ2v) is 20.1. The Morgan fingerprint density at radius 3 is 1.59 bits per heavy atom. The molecule has 68 heavy (non-hydrogen) atoms. The van der Waals surface area contributed by atoms with Crippen molar-refractivity contribution in [2.24, 2.45) is 5.92 Å². The smallest absolute Gasteiger partial charge is 0.0543 e. The van der Waals surface area contributed by atoms with Crippen molar-refractivity contribution in [2.75, 3.05) is 9.80 Å². The zero-order chi connectivity index (χ0) is 48.0. The van der Waals surface area contributed by atoms with Crippen LogP contribution < -0.4 is 9.80 Å². The number of para-hydroxylation sites is 2. The van der Waals surface area contributed by atoms with Crippen molar-refractivity contribution in [1.29, 1.82) is 0 Å². The second-order valence-electron chi connectivity index (χ2n) is 20.1. The van der Waals surface area contributed by atoms with Crippen LogP contribution in [-0.4, -0.2) is 0 Å². The highest BCUT2D eigenvalue weighted by molar-refractivity contribution is 6.08. The lowest BCUT2D eigenvalue weighted by molar-refractivity contribution is 0.664. The van der Waals surface area contributed by atoms with E-state index in [1.807, 2.05) is 0 Å². The molecule has 0 saturated heterocycles. The number of benzene rings is 8. The molecule has 1 aliphatic carbocycles. The predicted octanol–water partition coefficient (Wildman–Crippen LogP) is 19.0. The average Bonchev–Trinajstić information content (AvgIpc) is 3.32. The molecule has 8 aromatic carbocycles. The molecule has 0 unspecified atom stereocenters. The summed E-state index contributed by atoms with van der Waals surface area (Å²) >= 11 is 0. The Labute approximate surface area is 407 Å². The highest BCUT2D eigenvalue weighted by Gasteiger charge is 2.31. The van der Waals surface area contributed by atoms with Crippen molar-refractivity contribution in [3.63, 3.8) is 0 Å². The Hall–Kier alpha value is -6.90. The van der Waals surface area contributed by atoms with E-state index < -0.39 is 0 Å². The molecule has 0 atom stereocenters. The first-order valence-electron chi connectivity index (χ1n) is 24.8. The van der Waals surface area contributed by atoms with Gasteiger partial charge >= 0.3 is 0 Å². The summed E-state index contributed by atoms with van der Waals surface area (Å²) in [6, 6.07) is 52.1. The van der Waals surface area contributed by atoms with E-state index in [1.54, 1.807) is 0 Å². The first-order chi connectivity index (χ1) is 32.8. The normalized spacial score (nSPS) is 12.4. The van der Waals surface area contributed by atoms with Gasteiger partial charge in [0.1, 0.15) is 0 Å².